The molecule has 1 unspecified atom stereocenters. The second-order valence-electron chi connectivity index (χ2n) is 3.29. The lowest BCUT2D eigenvalue weighted by molar-refractivity contribution is 0.0925. The van der Waals surface area contributed by atoms with E-state index in [1.165, 1.54) is 6.07 Å². The number of halogens is 1. The third kappa shape index (κ3) is 3.42. The summed E-state index contributed by atoms with van der Waals surface area (Å²) in [4.78, 5) is 11.5. The minimum absolute atomic E-state index is 0.195. The summed E-state index contributed by atoms with van der Waals surface area (Å²) in [7, 11) is 0. The minimum Gasteiger partial charge on any atom is -0.398 e. The zero-order valence-electron chi connectivity index (χ0n) is 8.33. The number of hydrogen-bond acceptors (Lipinski definition) is 3. The minimum atomic E-state index is -0.581. The highest BCUT2D eigenvalue weighted by Crippen LogP contribution is 2.17. The van der Waals surface area contributed by atoms with Gasteiger partial charge >= 0.3 is 0 Å². The van der Waals surface area contributed by atoms with Crippen molar-refractivity contribution in [1.82, 2.24) is 5.32 Å². The SMILES string of the molecule is CC(O)CNC(=O)c1ccc(Cl)cc1N. The van der Waals surface area contributed by atoms with E-state index in [1.807, 2.05) is 0 Å². The number of amides is 1. The van der Waals surface area contributed by atoms with Crippen LogP contribution in [0.25, 0.3) is 0 Å². The average Bonchev–Trinajstić information content (AvgIpc) is 2.14. The fourth-order valence-corrected chi connectivity index (χ4v) is 1.26. The van der Waals surface area contributed by atoms with Crippen LogP contribution in [0.5, 0.6) is 0 Å². The first-order valence-corrected chi connectivity index (χ1v) is 4.90. The average molecular weight is 229 g/mol. The van der Waals surface area contributed by atoms with Gasteiger partial charge in [0.1, 0.15) is 0 Å². The third-order valence-corrected chi connectivity index (χ3v) is 2.05. The van der Waals surface area contributed by atoms with Gasteiger partial charge < -0.3 is 16.2 Å². The number of benzene rings is 1. The molecule has 4 nitrogen and oxygen atoms in total. The number of rotatable bonds is 3. The van der Waals surface area contributed by atoms with E-state index in [4.69, 9.17) is 22.4 Å². The molecule has 4 N–H and O–H groups in total. The molecule has 1 rings (SSSR count). The summed E-state index contributed by atoms with van der Waals surface area (Å²) in [5, 5.41) is 12.0. The molecule has 0 aromatic heterocycles. The maximum Gasteiger partial charge on any atom is 0.253 e. The molecular weight excluding hydrogens is 216 g/mol. The number of carbonyl (C=O) groups is 1. The topological polar surface area (TPSA) is 75.3 Å². The van der Waals surface area contributed by atoms with Crippen LogP contribution in [0.1, 0.15) is 17.3 Å². The Hall–Kier alpha value is -1.26. The fourth-order valence-electron chi connectivity index (χ4n) is 1.08. The molecule has 0 aliphatic carbocycles. The zero-order valence-corrected chi connectivity index (χ0v) is 9.08. The van der Waals surface area contributed by atoms with Gasteiger partial charge in [0.25, 0.3) is 5.91 Å². The second kappa shape index (κ2) is 5.00. The third-order valence-electron chi connectivity index (χ3n) is 1.82. The molecule has 15 heavy (non-hydrogen) atoms. The molecule has 1 amide bonds. The van der Waals surface area contributed by atoms with Crippen LogP contribution in [0.2, 0.25) is 5.02 Å². The van der Waals surface area contributed by atoms with Gasteiger partial charge in [-0.05, 0) is 25.1 Å². The molecule has 0 aliphatic rings. The number of anilines is 1. The molecule has 82 valence electrons. The smallest absolute Gasteiger partial charge is 0.253 e. The normalized spacial score (nSPS) is 12.2. The highest BCUT2D eigenvalue weighted by molar-refractivity contribution is 6.31. The Balaban J connectivity index is 2.74. The summed E-state index contributed by atoms with van der Waals surface area (Å²) >= 11 is 5.70. The molecule has 5 heteroatoms. The Kier molecular flexibility index (Phi) is 3.94. The predicted molar refractivity (Wildman–Crippen MR) is 59.9 cm³/mol. The maximum atomic E-state index is 11.5. The van der Waals surface area contributed by atoms with E-state index in [0.717, 1.165) is 0 Å². The second-order valence-corrected chi connectivity index (χ2v) is 3.73. The first-order valence-electron chi connectivity index (χ1n) is 4.52. The zero-order chi connectivity index (χ0) is 11.4. The first-order chi connectivity index (χ1) is 7.00. The van der Waals surface area contributed by atoms with Gasteiger partial charge in [0.05, 0.1) is 11.7 Å². The highest BCUT2D eigenvalue weighted by atomic mass is 35.5. The van der Waals surface area contributed by atoms with E-state index in [9.17, 15) is 4.79 Å². The van der Waals surface area contributed by atoms with E-state index in [1.54, 1.807) is 19.1 Å². The molecule has 0 fully saturated rings. The van der Waals surface area contributed by atoms with Gasteiger partial charge in [-0.1, -0.05) is 11.6 Å². The van der Waals surface area contributed by atoms with Gasteiger partial charge in [0, 0.05) is 17.3 Å². The van der Waals surface area contributed by atoms with E-state index >= 15 is 0 Å². The molecule has 0 radical (unpaired) electrons. The van der Waals surface area contributed by atoms with E-state index in [2.05, 4.69) is 5.32 Å². The molecule has 1 aromatic carbocycles. The van der Waals surface area contributed by atoms with Crippen LogP contribution in [-0.2, 0) is 0 Å². The summed E-state index contributed by atoms with van der Waals surface area (Å²) in [6.07, 6.45) is -0.581. The van der Waals surface area contributed by atoms with Gasteiger partial charge in [-0.3, -0.25) is 4.79 Å². The number of aliphatic hydroxyl groups is 1. The molecule has 0 saturated heterocycles. The van der Waals surface area contributed by atoms with Crippen molar-refractivity contribution in [1.29, 1.82) is 0 Å². The molecule has 0 aliphatic heterocycles. The van der Waals surface area contributed by atoms with Gasteiger partial charge in [0.15, 0.2) is 0 Å². The predicted octanol–water partition coefficient (Wildman–Crippen LogP) is 1.03. The summed E-state index contributed by atoms with van der Waals surface area (Å²) in [5.41, 5.74) is 6.31. The number of nitrogens with two attached hydrogens (primary N) is 1. The standard InChI is InChI=1S/C10H13ClN2O2/c1-6(14)5-13-10(15)8-3-2-7(11)4-9(8)12/h2-4,6,14H,5,12H2,1H3,(H,13,15). The summed E-state index contributed by atoms with van der Waals surface area (Å²) in [6, 6.07) is 4.66. The van der Waals surface area contributed by atoms with Crippen LogP contribution in [0.15, 0.2) is 18.2 Å². The first kappa shape index (κ1) is 11.8. The van der Waals surface area contributed by atoms with Crippen molar-refractivity contribution in [2.45, 2.75) is 13.0 Å². The number of hydrogen-bond donors (Lipinski definition) is 3. The van der Waals surface area contributed by atoms with Gasteiger partial charge in [-0.15, -0.1) is 0 Å². The van der Waals surface area contributed by atoms with Crippen LogP contribution in [0, 0.1) is 0 Å². The number of aliphatic hydroxyl groups excluding tert-OH is 1. The Morgan fingerprint density at radius 3 is 2.87 bits per heavy atom. The van der Waals surface area contributed by atoms with Crippen molar-refractivity contribution in [3.63, 3.8) is 0 Å². The maximum absolute atomic E-state index is 11.5. The van der Waals surface area contributed by atoms with Crippen molar-refractivity contribution in [2.24, 2.45) is 0 Å². The molecule has 1 aromatic rings. The van der Waals surface area contributed by atoms with Crippen molar-refractivity contribution in [3.05, 3.63) is 28.8 Å². The van der Waals surface area contributed by atoms with Crippen molar-refractivity contribution in [3.8, 4) is 0 Å². The van der Waals surface area contributed by atoms with Gasteiger partial charge in [0.2, 0.25) is 0 Å². The molecule has 1 atom stereocenters. The quantitative estimate of drug-likeness (QED) is 0.677. The lowest BCUT2D eigenvalue weighted by atomic mass is 10.1. The van der Waals surface area contributed by atoms with E-state index in [0.29, 0.717) is 16.3 Å². The van der Waals surface area contributed by atoms with Crippen LogP contribution < -0.4 is 11.1 Å². The van der Waals surface area contributed by atoms with E-state index in [-0.39, 0.29) is 12.5 Å². The van der Waals surface area contributed by atoms with Crippen molar-refractivity contribution < 1.29 is 9.90 Å². The monoisotopic (exact) mass is 228 g/mol. The largest absolute Gasteiger partial charge is 0.398 e. The van der Waals surface area contributed by atoms with Crippen LogP contribution >= 0.6 is 11.6 Å². The van der Waals surface area contributed by atoms with Crippen LogP contribution in [0.4, 0.5) is 5.69 Å². The highest BCUT2D eigenvalue weighted by Gasteiger charge is 2.09. The van der Waals surface area contributed by atoms with Crippen molar-refractivity contribution in [2.75, 3.05) is 12.3 Å². The lowest BCUT2D eigenvalue weighted by Gasteiger charge is -2.08. The molecule has 0 spiro atoms. The van der Waals surface area contributed by atoms with Crippen LogP contribution in [0.3, 0.4) is 0 Å². The number of nitrogen functional groups attached to an aromatic ring is 1. The lowest BCUT2D eigenvalue weighted by Crippen LogP contribution is -2.31. The Labute approximate surface area is 93.0 Å². The number of carbonyl (C=O) groups excluding carboxylic acids is 1. The van der Waals surface area contributed by atoms with Gasteiger partial charge in [-0.25, -0.2) is 0 Å². The van der Waals surface area contributed by atoms with E-state index < -0.39 is 6.10 Å². The molecule has 0 bridgehead atoms. The molecule has 0 saturated carbocycles. The molecule has 0 heterocycles. The Morgan fingerprint density at radius 1 is 1.67 bits per heavy atom. The summed E-state index contributed by atoms with van der Waals surface area (Å²) in [5.74, 6) is -0.315. The fraction of sp³-hybridized carbons (Fsp3) is 0.300. The summed E-state index contributed by atoms with van der Waals surface area (Å²) < 4.78 is 0. The number of nitrogens with one attached hydrogen (secondary N) is 1. The Morgan fingerprint density at radius 2 is 2.33 bits per heavy atom. The van der Waals surface area contributed by atoms with Crippen molar-refractivity contribution >= 4 is 23.2 Å². The molecular formula is C10H13ClN2O2. The summed E-state index contributed by atoms with van der Waals surface area (Å²) in [6.45, 7) is 1.78. The van der Waals surface area contributed by atoms with Crippen LogP contribution in [-0.4, -0.2) is 23.7 Å². The van der Waals surface area contributed by atoms with Gasteiger partial charge in [-0.2, -0.15) is 0 Å². The Bertz CT molecular complexity index is 366.